The molecule has 0 spiro atoms. The quantitative estimate of drug-likeness (QED) is 0.831. The maximum absolute atomic E-state index is 12.6. The largest absolute Gasteiger partial charge is 0.356 e. The zero-order valence-electron chi connectivity index (χ0n) is 14.7. The fourth-order valence-electron chi connectivity index (χ4n) is 4.23. The first-order chi connectivity index (χ1) is 12.3. The van der Waals surface area contributed by atoms with Crippen LogP contribution in [0.1, 0.15) is 51.4 Å². The molecule has 2 aromatic heterocycles. The molecule has 1 saturated heterocycles. The van der Waals surface area contributed by atoms with Crippen molar-refractivity contribution in [3.05, 3.63) is 23.7 Å². The van der Waals surface area contributed by atoms with Gasteiger partial charge in [0.25, 0.3) is 0 Å². The van der Waals surface area contributed by atoms with Crippen LogP contribution in [0.25, 0.3) is 10.1 Å². The van der Waals surface area contributed by atoms with Gasteiger partial charge in [-0.25, -0.2) is 4.98 Å². The number of aromatic nitrogens is 1. The van der Waals surface area contributed by atoms with E-state index in [0.29, 0.717) is 6.04 Å². The maximum Gasteiger partial charge on any atom is 0.223 e. The third-order valence-corrected chi connectivity index (χ3v) is 6.61. The number of rotatable bonds is 3. The van der Waals surface area contributed by atoms with Crippen molar-refractivity contribution in [1.29, 1.82) is 0 Å². The van der Waals surface area contributed by atoms with Gasteiger partial charge < -0.3 is 10.2 Å². The van der Waals surface area contributed by atoms with Gasteiger partial charge in [0.15, 0.2) is 0 Å². The van der Waals surface area contributed by atoms with Crippen LogP contribution in [0.2, 0.25) is 0 Å². The van der Waals surface area contributed by atoms with E-state index in [1.165, 1.54) is 35.8 Å². The Morgan fingerprint density at radius 2 is 1.84 bits per heavy atom. The van der Waals surface area contributed by atoms with E-state index >= 15 is 0 Å². The van der Waals surface area contributed by atoms with Crippen molar-refractivity contribution < 1.29 is 4.79 Å². The van der Waals surface area contributed by atoms with Crippen LogP contribution in [-0.4, -0.2) is 30.0 Å². The number of hydrogen-bond acceptors (Lipinski definition) is 4. The van der Waals surface area contributed by atoms with Crippen molar-refractivity contribution in [3.63, 3.8) is 0 Å². The van der Waals surface area contributed by atoms with Crippen LogP contribution in [0.3, 0.4) is 0 Å². The molecule has 5 heteroatoms. The fraction of sp³-hybridized carbons (Fsp3) is 0.600. The average Bonchev–Trinajstić information content (AvgIpc) is 2.99. The number of carbonyl (C=O) groups excluding carboxylic acids is 1. The third-order valence-electron chi connectivity index (χ3n) is 5.73. The summed E-state index contributed by atoms with van der Waals surface area (Å²) in [5, 5.41) is 6.71. The van der Waals surface area contributed by atoms with E-state index in [-0.39, 0.29) is 11.8 Å². The maximum atomic E-state index is 12.6. The molecule has 0 unspecified atom stereocenters. The summed E-state index contributed by atoms with van der Waals surface area (Å²) in [5.74, 6) is 1.54. The summed E-state index contributed by atoms with van der Waals surface area (Å²) >= 11 is 1.76. The molecular formula is C20H27N3OS. The Labute approximate surface area is 153 Å². The summed E-state index contributed by atoms with van der Waals surface area (Å²) in [6.07, 6.45) is 11.3. The smallest absolute Gasteiger partial charge is 0.223 e. The molecule has 2 fully saturated rings. The fourth-order valence-corrected chi connectivity index (χ4v) is 5.00. The van der Waals surface area contributed by atoms with Crippen LogP contribution in [0, 0.1) is 5.92 Å². The lowest BCUT2D eigenvalue weighted by Gasteiger charge is -2.33. The minimum absolute atomic E-state index is 0.168. The molecular weight excluding hydrogens is 330 g/mol. The van der Waals surface area contributed by atoms with Crippen molar-refractivity contribution in [3.8, 4) is 0 Å². The molecule has 0 radical (unpaired) electrons. The molecule has 2 aliphatic rings. The molecule has 4 nitrogen and oxygen atoms in total. The average molecular weight is 358 g/mol. The molecule has 1 aliphatic heterocycles. The Bertz CT molecular complexity index is 713. The lowest BCUT2D eigenvalue weighted by atomic mass is 9.95. The van der Waals surface area contributed by atoms with Crippen molar-refractivity contribution in [2.75, 3.05) is 18.0 Å². The van der Waals surface area contributed by atoms with Gasteiger partial charge in [0.05, 0.1) is 0 Å². The topological polar surface area (TPSA) is 45.2 Å². The van der Waals surface area contributed by atoms with Crippen LogP contribution in [0.5, 0.6) is 0 Å². The highest BCUT2D eigenvalue weighted by molar-refractivity contribution is 7.17. The van der Waals surface area contributed by atoms with Crippen molar-refractivity contribution in [2.45, 2.75) is 57.4 Å². The highest BCUT2D eigenvalue weighted by Crippen LogP contribution is 2.31. The normalized spacial score (nSPS) is 20.6. The minimum Gasteiger partial charge on any atom is -0.356 e. The van der Waals surface area contributed by atoms with E-state index in [2.05, 4.69) is 32.7 Å². The Morgan fingerprint density at radius 1 is 1.08 bits per heavy atom. The zero-order chi connectivity index (χ0) is 17.1. The van der Waals surface area contributed by atoms with Gasteiger partial charge in [0, 0.05) is 41.3 Å². The number of nitrogens with one attached hydrogen (secondary N) is 1. The predicted octanol–water partition coefficient (Wildman–Crippen LogP) is 4.35. The second-order valence-electron chi connectivity index (χ2n) is 7.43. The number of hydrogen-bond donors (Lipinski definition) is 1. The first-order valence-corrected chi connectivity index (χ1v) is 10.6. The first-order valence-electron chi connectivity index (χ1n) is 9.69. The number of pyridine rings is 1. The number of fused-ring (bicyclic) bond motifs is 1. The van der Waals surface area contributed by atoms with E-state index in [4.69, 9.17) is 0 Å². The van der Waals surface area contributed by atoms with Gasteiger partial charge in [-0.1, -0.05) is 25.7 Å². The van der Waals surface area contributed by atoms with Gasteiger partial charge in [-0.05, 0) is 43.2 Å². The first kappa shape index (κ1) is 16.8. The molecule has 1 saturated carbocycles. The van der Waals surface area contributed by atoms with Gasteiger partial charge in [-0.2, -0.15) is 0 Å². The molecule has 4 rings (SSSR count). The Kier molecular flexibility index (Phi) is 5.20. The molecule has 3 heterocycles. The molecule has 134 valence electrons. The number of amides is 1. The lowest BCUT2D eigenvalue weighted by Crippen LogP contribution is -2.44. The van der Waals surface area contributed by atoms with Crippen LogP contribution in [0.4, 0.5) is 5.82 Å². The number of piperidine rings is 1. The van der Waals surface area contributed by atoms with E-state index in [1.807, 2.05) is 6.20 Å². The second kappa shape index (κ2) is 7.73. The molecule has 0 bridgehead atoms. The molecule has 1 aliphatic carbocycles. The summed E-state index contributed by atoms with van der Waals surface area (Å²) in [4.78, 5) is 19.6. The van der Waals surface area contributed by atoms with Crippen molar-refractivity contribution in [2.24, 2.45) is 5.92 Å². The van der Waals surface area contributed by atoms with Gasteiger partial charge in [0.1, 0.15) is 5.82 Å². The number of nitrogens with zero attached hydrogens (tertiary/aromatic N) is 2. The summed E-state index contributed by atoms with van der Waals surface area (Å²) in [6, 6.07) is 4.65. The third kappa shape index (κ3) is 3.81. The molecule has 0 aromatic carbocycles. The summed E-state index contributed by atoms with van der Waals surface area (Å²) in [6.45, 7) is 1.84. The van der Waals surface area contributed by atoms with Crippen LogP contribution < -0.4 is 10.2 Å². The van der Waals surface area contributed by atoms with E-state index in [0.717, 1.165) is 44.6 Å². The highest BCUT2D eigenvalue weighted by Gasteiger charge is 2.27. The number of carbonyl (C=O) groups is 1. The molecule has 0 atom stereocenters. The van der Waals surface area contributed by atoms with E-state index < -0.39 is 0 Å². The Morgan fingerprint density at radius 3 is 2.60 bits per heavy atom. The molecule has 2 aromatic rings. The van der Waals surface area contributed by atoms with E-state index in [1.54, 1.807) is 11.3 Å². The van der Waals surface area contributed by atoms with Gasteiger partial charge in [-0.3, -0.25) is 4.79 Å². The minimum atomic E-state index is 0.168. The van der Waals surface area contributed by atoms with Crippen LogP contribution in [0.15, 0.2) is 23.7 Å². The summed E-state index contributed by atoms with van der Waals surface area (Å²) < 4.78 is 1.29. The zero-order valence-corrected chi connectivity index (χ0v) is 15.6. The van der Waals surface area contributed by atoms with Gasteiger partial charge >= 0.3 is 0 Å². The van der Waals surface area contributed by atoms with Crippen LogP contribution >= 0.6 is 11.3 Å². The van der Waals surface area contributed by atoms with Crippen molar-refractivity contribution in [1.82, 2.24) is 10.3 Å². The van der Waals surface area contributed by atoms with E-state index in [9.17, 15) is 4.79 Å². The molecule has 25 heavy (non-hydrogen) atoms. The SMILES string of the molecule is O=C(NC1CCCCCC1)C1CCN(c2nccc3sccc23)CC1. The standard InChI is InChI=1S/C20H27N3OS/c24-20(22-16-5-3-1-2-4-6-16)15-8-12-23(13-9-15)19-17-10-14-25-18(17)7-11-21-19/h7,10-11,14-16H,1-6,8-9,12-13H2,(H,22,24). The predicted molar refractivity (Wildman–Crippen MR) is 104 cm³/mol. The van der Waals surface area contributed by atoms with Crippen molar-refractivity contribution >= 4 is 33.1 Å². The summed E-state index contributed by atoms with van der Waals surface area (Å²) in [7, 11) is 0. The molecule has 1 N–H and O–H groups in total. The lowest BCUT2D eigenvalue weighted by molar-refractivity contribution is -0.126. The molecule has 1 amide bonds. The van der Waals surface area contributed by atoms with Gasteiger partial charge in [0.2, 0.25) is 5.91 Å². The van der Waals surface area contributed by atoms with Gasteiger partial charge in [-0.15, -0.1) is 11.3 Å². The number of anilines is 1. The number of thiophene rings is 1. The summed E-state index contributed by atoms with van der Waals surface area (Å²) in [5.41, 5.74) is 0. The highest BCUT2D eigenvalue weighted by atomic mass is 32.1. The Hall–Kier alpha value is -1.62. The second-order valence-corrected chi connectivity index (χ2v) is 8.37. The van der Waals surface area contributed by atoms with Crippen LogP contribution in [-0.2, 0) is 4.79 Å². The Balaban J connectivity index is 1.35. The monoisotopic (exact) mass is 357 g/mol.